The third-order valence-electron chi connectivity index (χ3n) is 4.58. The minimum Gasteiger partial charge on any atom is -0.418 e. The molecule has 1 aromatic heterocycles. The molecule has 0 saturated carbocycles. The molecule has 0 aliphatic rings. The molecule has 31 heavy (non-hydrogen) atoms. The van der Waals surface area contributed by atoms with Crippen molar-refractivity contribution < 1.29 is 35.0 Å². The van der Waals surface area contributed by atoms with E-state index in [9.17, 15) is 30.4 Å². The molecular formula is C22H21BF7N. The Kier molecular flexibility index (Phi) is 7.19. The Bertz CT molecular complexity index is 1030. The minimum atomic E-state index is -6.00. The fraction of sp³-hybridized carbons (Fsp3) is 0.227. The summed E-state index contributed by atoms with van der Waals surface area (Å²) in [5.74, 6) is 0. The van der Waals surface area contributed by atoms with E-state index in [1.807, 2.05) is 18.4 Å². The molecule has 0 N–H and O–H groups in total. The summed E-state index contributed by atoms with van der Waals surface area (Å²) in [5.41, 5.74) is 6.73. The van der Waals surface area contributed by atoms with Crippen LogP contribution in [0.5, 0.6) is 0 Å². The van der Waals surface area contributed by atoms with Gasteiger partial charge in [0.05, 0.1) is 5.56 Å². The van der Waals surface area contributed by atoms with E-state index in [0.717, 1.165) is 34.8 Å². The molecule has 166 valence electrons. The van der Waals surface area contributed by atoms with Gasteiger partial charge in [0.2, 0.25) is 5.69 Å². The van der Waals surface area contributed by atoms with E-state index in [2.05, 4.69) is 44.2 Å². The van der Waals surface area contributed by atoms with Crippen molar-refractivity contribution in [1.82, 2.24) is 0 Å². The fourth-order valence-electron chi connectivity index (χ4n) is 3.40. The third-order valence-corrected chi connectivity index (χ3v) is 4.58. The topological polar surface area (TPSA) is 3.88 Å². The predicted molar refractivity (Wildman–Crippen MR) is 108 cm³/mol. The second-order valence-electron chi connectivity index (χ2n) is 7.22. The lowest BCUT2D eigenvalue weighted by atomic mass is 9.98. The molecule has 0 fully saturated rings. The van der Waals surface area contributed by atoms with Crippen LogP contribution < -0.4 is 4.57 Å². The molecular weight excluding hydrogens is 422 g/mol. The normalized spacial score (nSPS) is 11.7. The molecule has 1 heterocycles. The number of halogens is 7. The van der Waals surface area contributed by atoms with Gasteiger partial charge in [-0.1, -0.05) is 23.8 Å². The van der Waals surface area contributed by atoms with E-state index in [1.54, 1.807) is 0 Å². The molecule has 3 rings (SSSR count). The maximum Gasteiger partial charge on any atom is 0.673 e. The number of rotatable bonds is 2. The zero-order valence-electron chi connectivity index (χ0n) is 17.4. The van der Waals surface area contributed by atoms with Crippen LogP contribution in [0.4, 0.5) is 30.4 Å². The maximum atomic E-state index is 12.8. The molecule has 0 atom stereocenters. The second kappa shape index (κ2) is 9.12. The number of hydrogen-bond acceptors (Lipinski definition) is 0. The largest absolute Gasteiger partial charge is 0.673 e. The molecule has 3 aromatic rings. The lowest BCUT2D eigenvalue weighted by Gasteiger charge is -2.11. The Morgan fingerprint density at radius 3 is 1.61 bits per heavy atom. The molecule has 0 bridgehead atoms. The van der Waals surface area contributed by atoms with Crippen LogP contribution in [0.3, 0.4) is 0 Å². The van der Waals surface area contributed by atoms with Crippen LogP contribution in [-0.4, -0.2) is 7.25 Å². The Morgan fingerprint density at radius 2 is 1.19 bits per heavy atom. The molecule has 0 amide bonds. The first-order valence-corrected chi connectivity index (χ1v) is 9.32. The molecule has 9 heteroatoms. The quantitative estimate of drug-likeness (QED) is 0.224. The number of benzene rings is 2. The van der Waals surface area contributed by atoms with E-state index < -0.39 is 19.0 Å². The van der Waals surface area contributed by atoms with Crippen LogP contribution in [0.25, 0.3) is 16.8 Å². The highest BCUT2D eigenvalue weighted by Crippen LogP contribution is 2.29. The first-order chi connectivity index (χ1) is 14.2. The van der Waals surface area contributed by atoms with Crippen molar-refractivity contribution in [3.63, 3.8) is 0 Å². The zero-order chi connectivity index (χ0) is 23.6. The van der Waals surface area contributed by atoms with Crippen molar-refractivity contribution in [3.05, 3.63) is 82.7 Å². The minimum absolute atomic E-state index is 0.635. The number of aryl methyl sites for hydroxylation is 4. The van der Waals surface area contributed by atoms with Gasteiger partial charge >= 0.3 is 13.4 Å². The molecule has 0 radical (unpaired) electrons. The van der Waals surface area contributed by atoms with Crippen LogP contribution in [0.2, 0.25) is 0 Å². The molecule has 0 unspecified atom stereocenters. The summed E-state index contributed by atoms with van der Waals surface area (Å²) in [5, 5.41) is 0. The summed E-state index contributed by atoms with van der Waals surface area (Å²) >= 11 is 0. The number of alkyl halides is 3. The molecule has 0 aliphatic heterocycles. The van der Waals surface area contributed by atoms with Gasteiger partial charge in [-0.15, -0.1) is 0 Å². The molecule has 1 nitrogen and oxygen atoms in total. The van der Waals surface area contributed by atoms with Gasteiger partial charge in [0.25, 0.3) is 0 Å². The van der Waals surface area contributed by atoms with Gasteiger partial charge in [0.15, 0.2) is 11.4 Å². The highest BCUT2D eigenvalue weighted by Gasteiger charge is 2.30. The standard InChI is InChI=1S/C22H21F3N.BF4/c1-14-5-10-21(15(2)11-14)18-12-16(3)26(17(4)13-18)20-8-6-19(7-9-20)22(23,24)25;2-1(3,4)5/h5-13H,1-4H3;/q+1;-1. The second-order valence-corrected chi connectivity index (χ2v) is 7.22. The van der Waals surface area contributed by atoms with Gasteiger partial charge in [-0.2, -0.15) is 17.7 Å². The molecule has 0 aliphatic carbocycles. The van der Waals surface area contributed by atoms with Gasteiger partial charge in [0, 0.05) is 38.1 Å². The van der Waals surface area contributed by atoms with Crippen LogP contribution in [0, 0.1) is 27.7 Å². The smallest absolute Gasteiger partial charge is 0.418 e. The van der Waals surface area contributed by atoms with Gasteiger partial charge in [-0.25, -0.2) is 0 Å². The highest BCUT2D eigenvalue weighted by molar-refractivity contribution is 6.50. The van der Waals surface area contributed by atoms with Crippen LogP contribution in [-0.2, 0) is 6.18 Å². The Morgan fingerprint density at radius 1 is 0.710 bits per heavy atom. The van der Waals surface area contributed by atoms with Crippen molar-refractivity contribution in [2.45, 2.75) is 33.9 Å². The first-order valence-electron chi connectivity index (χ1n) is 9.32. The zero-order valence-corrected chi connectivity index (χ0v) is 17.4. The fourth-order valence-corrected chi connectivity index (χ4v) is 3.40. The summed E-state index contributed by atoms with van der Waals surface area (Å²) in [4.78, 5) is 0. The van der Waals surface area contributed by atoms with Crippen molar-refractivity contribution in [2.24, 2.45) is 0 Å². The van der Waals surface area contributed by atoms with Crippen LogP contribution in [0.1, 0.15) is 28.1 Å². The van der Waals surface area contributed by atoms with E-state index in [0.29, 0.717) is 0 Å². The van der Waals surface area contributed by atoms with Crippen molar-refractivity contribution in [2.75, 3.05) is 0 Å². The third kappa shape index (κ3) is 6.84. The number of nitrogens with zero attached hydrogens (tertiary/aromatic N) is 1. The number of aromatic nitrogens is 1. The Labute approximate surface area is 176 Å². The highest BCUT2D eigenvalue weighted by atomic mass is 19.5. The van der Waals surface area contributed by atoms with Crippen molar-refractivity contribution in [3.8, 4) is 16.8 Å². The summed E-state index contributed by atoms with van der Waals surface area (Å²) < 4.78 is 79.3. The lowest BCUT2D eigenvalue weighted by Crippen LogP contribution is -2.37. The van der Waals surface area contributed by atoms with E-state index >= 15 is 0 Å². The summed E-state index contributed by atoms with van der Waals surface area (Å²) in [6, 6.07) is 15.8. The van der Waals surface area contributed by atoms with Gasteiger partial charge in [-0.3, -0.25) is 0 Å². The van der Waals surface area contributed by atoms with Crippen molar-refractivity contribution in [1.29, 1.82) is 0 Å². The molecule has 0 saturated heterocycles. The molecule has 2 aromatic carbocycles. The average Bonchev–Trinajstić information content (AvgIpc) is 2.59. The Balaban J connectivity index is 0.000000614. The monoisotopic (exact) mass is 443 g/mol. The number of pyridine rings is 1. The van der Waals surface area contributed by atoms with Gasteiger partial charge < -0.3 is 17.3 Å². The maximum absolute atomic E-state index is 12.8. The van der Waals surface area contributed by atoms with E-state index in [1.165, 1.54) is 28.8 Å². The lowest BCUT2D eigenvalue weighted by molar-refractivity contribution is -0.609. The summed E-state index contributed by atoms with van der Waals surface area (Å²) in [6.45, 7) is 8.09. The average molecular weight is 443 g/mol. The number of hydrogen-bond donors (Lipinski definition) is 0. The van der Waals surface area contributed by atoms with Crippen LogP contribution in [0.15, 0.2) is 54.6 Å². The van der Waals surface area contributed by atoms with Gasteiger partial charge in [-0.05, 0) is 42.7 Å². The van der Waals surface area contributed by atoms with E-state index in [-0.39, 0.29) is 0 Å². The summed E-state index contributed by atoms with van der Waals surface area (Å²) in [6.07, 6.45) is -4.32. The molecule has 0 spiro atoms. The van der Waals surface area contributed by atoms with E-state index in [4.69, 9.17) is 0 Å². The van der Waals surface area contributed by atoms with Crippen LogP contribution >= 0.6 is 0 Å². The first kappa shape index (κ1) is 24.4. The van der Waals surface area contributed by atoms with Crippen molar-refractivity contribution >= 4 is 7.25 Å². The van der Waals surface area contributed by atoms with Gasteiger partial charge in [0.1, 0.15) is 0 Å². The summed E-state index contributed by atoms with van der Waals surface area (Å²) in [7, 11) is -6.00. The Hall–Kier alpha value is -2.84. The predicted octanol–water partition coefficient (Wildman–Crippen LogP) is 7.18. The SMILES string of the molecule is Cc1ccc(-c2cc(C)[n+](-c3ccc(C(F)(F)F)cc3)c(C)c2)c(C)c1.F[B-](F)(F)F.